The van der Waals surface area contributed by atoms with Crippen molar-refractivity contribution in [3.63, 3.8) is 0 Å². The first-order chi connectivity index (χ1) is 11.6. The number of carbonyl (C=O) groups excluding carboxylic acids is 2. The van der Waals surface area contributed by atoms with Crippen LogP contribution in [0.1, 0.15) is 10.6 Å². The number of hydrogen-bond donors (Lipinski definition) is 0. The summed E-state index contributed by atoms with van der Waals surface area (Å²) in [6.45, 7) is 1.70. The maximum absolute atomic E-state index is 12.0. The molecule has 0 unspecified atom stereocenters. The quantitative estimate of drug-likeness (QED) is 0.794. The topological polar surface area (TPSA) is 69.0 Å². The molecule has 6 nitrogen and oxygen atoms in total. The number of morpholine rings is 1. The predicted molar refractivity (Wildman–Crippen MR) is 86.8 cm³/mol. The molecule has 0 spiro atoms. The minimum absolute atomic E-state index is 0.0275. The molecule has 1 amide bonds. The van der Waals surface area contributed by atoms with Crippen LogP contribution in [0.3, 0.4) is 0 Å². The van der Waals surface area contributed by atoms with Crippen molar-refractivity contribution < 1.29 is 23.5 Å². The molecule has 2 aromatic rings. The first kappa shape index (κ1) is 16.5. The standard InChI is InChI=1S/C17H16ClNO5/c18-13-4-2-1-3-12(13)14-5-6-15(24-14)17(21)23-11-16(20)19-7-9-22-10-8-19/h1-6H,7-11H2. The zero-order chi connectivity index (χ0) is 16.9. The molecule has 3 rings (SSSR count). The summed E-state index contributed by atoms with van der Waals surface area (Å²) in [4.78, 5) is 25.6. The Balaban J connectivity index is 1.60. The van der Waals surface area contributed by atoms with E-state index in [4.69, 9.17) is 25.5 Å². The molecule has 0 N–H and O–H groups in total. The number of ether oxygens (including phenoxy) is 2. The van der Waals surface area contributed by atoms with E-state index in [1.54, 1.807) is 29.2 Å². The van der Waals surface area contributed by atoms with Gasteiger partial charge < -0.3 is 18.8 Å². The van der Waals surface area contributed by atoms with Gasteiger partial charge >= 0.3 is 5.97 Å². The van der Waals surface area contributed by atoms with Gasteiger partial charge in [-0.05, 0) is 24.3 Å². The number of hydrogen-bond acceptors (Lipinski definition) is 5. The fraction of sp³-hybridized carbons (Fsp3) is 0.294. The van der Waals surface area contributed by atoms with Gasteiger partial charge in [0.25, 0.3) is 5.91 Å². The van der Waals surface area contributed by atoms with E-state index in [-0.39, 0.29) is 18.3 Å². The molecular formula is C17H16ClNO5. The van der Waals surface area contributed by atoms with E-state index in [2.05, 4.69) is 0 Å². The number of rotatable bonds is 4. The molecule has 0 atom stereocenters. The highest BCUT2D eigenvalue weighted by molar-refractivity contribution is 6.33. The van der Waals surface area contributed by atoms with Gasteiger partial charge in [0.05, 0.1) is 18.2 Å². The summed E-state index contributed by atoms with van der Waals surface area (Å²) in [6, 6.07) is 10.3. The molecule has 1 aromatic heterocycles. The molecule has 1 saturated heterocycles. The normalized spacial score (nSPS) is 14.5. The summed E-state index contributed by atoms with van der Waals surface area (Å²) in [5, 5.41) is 0.522. The molecule has 24 heavy (non-hydrogen) atoms. The van der Waals surface area contributed by atoms with Crippen LogP contribution in [0.2, 0.25) is 5.02 Å². The molecule has 1 aliphatic rings. The van der Waals surface area contributed by atoms with Crippen LogP contribution in [0, 0.1) is 0 Å². The van der Waals surface area contributed by atoms with Crippen molar-refractivity contribution in [1.29, 1.82) is 0 Å². The van der Waals surface area contributed by atoms with Crippen LogP contribution >= 0.6 is 11.6 Å². The van der Waals surface area contributed by atoms with Crippen LogP contribution in [-0.4, -0.2) is 49.7 Å². The number of amides is 1. The minimum Gasteiger partial charge on any atom is -0.450 e. The molecule has 126 valence electrons. The first-order valence-corrected chi connectivity index (χ1v) is 7.90. The first-order valence-electron chi connectivity index (χ1n) is 7.52. The lowest BCUT2D eigenvalue weighted by Gasteiger charge is -2.26. The van der Waals surface area contributed by atoms with Crippen molar-refractivity contribution in [3.8, 4) is 11.3 Å². The van der Waals surface area contributed by atoms with Gasteiger partial charge in [0.2, 0.25) is 5.76 Å². The molecule has 1 aliphatic heterocycles. The van der Waals surface area contributed by atoms with Crippen molar-refractivity contribution in [2.24, 2.45) is 0 Å². The zero-order valence-corrected chi connectivity index (χ0v) is 13.6. The Kier molecular flexibility index (Phi) is 5.17. The second-order valence-electron chi connectivity index (χ2n) is 5.21. The number of carbonyl (C=O) groups is 2. The Hall–Kier alpha value is -2.31. The molecule has 0 aliphatic carbocycles. The summed E-state index contributed by atoms with van der Waals surface area (Å²) < 4.78 is 15.7. The van der Waals surface area contributed by atoms with Crippen LogP contribution in [0.15, 0.2) is 40.8 Å². The maximum atomic E-state index is 12.0. The van der Waals surface area contributed by atoms with Gasteiger partial charge in [-0.25, -0.2) is 4.79 Å². The van der Waals surface area contributed by atoms with Crippen LogP contribution in [-0.2, 0) is 14.3 Å². The van der Waals surface area contributed by atoms with Gasteiger partial charge in [-0.2, -0.15) is 0 Å². The van der Waals surface area contributed by atoms with E-state index in [9.17, 15) is 9.59 Å². The third-order valence-corrected chi connectivity index (χ3v) is 3.97. The average molecular weight is 350 g/mol. The van der Waals surface area contributed by atoms with Crippen molar-refractivity contribution >= 4 is 23.5 Å². The molecule has 1 fully saturated rings. The van der Waals surface area contributed by atoms with Crippen molar-refractivity contribution in [2.75, 3.05) is 32.9 Å². The molecule has 7 heteroatoms. The molecule has 2 heterocycles. The monoisotopic (exact) mass is 349 g/mol. The van der Waals surface area contributed by atoms with Gasteiger partial charge in [0, 0.05) is 18.7 Å². The molecule has 0 radical (unpaired) electrons. The average Bonchev–Trinajstić information content (AvgIpc) is 3.10. The Morgan fingerprint density at radius 2 is 1.88 bits per heavy atom. The van der Waals surface area contributed by atoms with Crippen molar-refractivity contribution in [2.45, 2.75) is 0 Å². The van der Waals surface area contributed by atoms with Crippen molar-refractivity contribution in [3.05, 3.63) is 47.2 Å². The summed E-state index contributed by atoms with van der Waals surface area (Å²) in [5.41, 5.74) is 0.683. The highest BCUT2D eigenvalue weighted by Gasteiger charge is 2.20. The van der Waals surface area contributed by atoms with Gasteiger partial charge in [0.15, 0.2) is 6.61 Å². The van der Waals surface area contributed by atoms with E-state index in [1.807, 2.05) is 6.07 Å². The van der Waals surface area contributed by atoms with Gasteiger partial charge in [-0.1, -0.05) is 23.7 Å². The minimum atomic E-state index is -0.685. The highest BCUT2D eigenvalue weighted by atomic mass is 35.5. The van der Waals surface area contributed by atoms with Crippen LogP contribution in [0.5, 0.6) is 0 Å². The van der Waals surface area contributed by atoms with Gasteiger partial charge in [-0.3, -0.25) is 4.79 Å². The molecule has 1 aromatic carbocycles. The summed E-state index contributed by atoms with van der Waals surface area (Å²) in [6.07, 6.45) is 0. The number of esters is 1. The lowest BCUT2D eigenvalue weighted by molar-refractivity contribution is -0.138. The summed E-state index contributed by atoms with van der Waals surface area (Å²) >= 11 is 6.10. The third-order valence-electron chi connectivity index (χ3n) is 3.64. The second-order valence-corrected chi connectivity index (χ2v) is 5.62. The summed E-state index contributed by atoms with van der Waals surface area (Å²) in [5.74, 6) is -0.439. The molecule has 0 bridgehead atoms. The van der Waals surface area contributed by atoms with E-state index >= 15 is 0 Å². The molecular weight excluding hydrogens is 334 g/mol. The van der Waals surface area contributed by atoms with Crippen LogP contribution < -0.4 is 0 Å². The maximum Gasteiger partial charge on any atom is 0.374 e. The lowest BCUT2D eigenvalue weighted by Crippen LogP contribution is -2.42. The Morgan fingerprint density at radius 1 is 1.12 bits per heavy atom. The fourth-order valence-electron chi connectivity index (χ4n) is 2.36. The number of benzene rings is 1. The fourth-order valence-corrected chi connectivity index (χ4v) is 2.58. The summed E-state index contributed by atoms with van der Waals surface area (Å²) in [7, 11) is 0. The van der Waals surface area contributed by atoms with Gasteiger partial charge in [-0.15, -0.1) is 0 Å². The smallest absolute Gasteiger partial charge is 0.374 e. The Bertz CT molecular complexity index is 736. The van der Waals surface area contributed by atoms with Gasteiger partial charge in [0.1, 0.15) is 5.76 Å². The van der Waals surface area contributed by atoms with E-state index in [0.717, 1.165) is 0 Å². The lowest BCUT2D eigenvalue weighted by atomic mass is 10.2. The second kappa shape index (κ2) is 7.51. The van der Waals surface area contributed by atoms with E-state index in [1.165, 1.54) is 6.07 Å². The van der Waals surface area contributed by atoms with E-state index < -0.39 is 5.97 Å². The number of halogens is 1. The number of nitrogens with zero attached hydrogens (tertiary/aromatic N) is 1. The SMILES string of the molecule is O=C(OCC(=O)N1CCOCC1)c1ccc(-c2ccccc2Cl)o1. The Morgan fingerprint density at radius 3 is 2.62 bits per heavy atom. The predicted octanol–water partition coefficient (Wildman–Crippen LogP) is 2.62. The third kappa shape index (κ3) is 3.77. The zero-order valence-electron chi connectivity index (χ0n) is 12.9. The van der Waals surface area contributed by atoms with E-state index in [0.29, 0.717) is 42.6 Å². The van der Waals surface area contributed by atoms with Crippen LogP contribution in [0.25, 0.3) is 11.3 Å². The highest BCUT2D eigenvalue weighted by Crippen LogP contribution is 2.29. The largest absolute Gasteiger partial charge is 0.450 e. The van der Waals surface area contributed by atoms with Crippen molar-refractivity contribution in [1.82, 2.24) is 4.90 Å². The number of furan rings is 1. The molecule has 0 saturated carbocycles. The Labute approximate surface area is 143 Å². The van der Waals surface area contributed by atoms with Crippen LogP contribution in [0.4, 0.5) is 0 Å².